The van der Waals surface area contributed by atoms with Gasteiger partial charge in [-0.1, -0.05) is 13.8 Å². The van der Waals surface area contributed by atoms with E-state index in [0.717, 1.165) is 12.8 Å². The molecule has 0 saturated carbocycles. The largest absolute Gasteiger partial charge is 0.472 e. The number of carbonyl (C=O) groups is 2. The number of piperidine rings is 1. The molecule has 7 heteroatoms. The Morgan fingerprint density at radius 3 is 2.69 bits per heavy atom. The van der Waals surface area contributed by atoms with E-state index in [1.807, 2.05) is 11.8 Å². The van der Waals surface area contributed by atoms with Crippen molar-refractivity contribution >= 4 is 17.8 Å². The lowest BCUT2D eigenvalue weighted by atomic mass is 9.90. The lowest BCUT2D eigenvalue weighted by Crippen LogP contribution is -2.47. The maximum absolute atomic E-state index is 12.8. The zero-order chi connectivity index (χ0) is 18.9. The van der Waals surface area contributed by atoms with Gasteiger partial charge >= 0.3 is 0 Å². The molecule has 142 valence electrons. The van der Waals surface area contributed by atoms with Crippen LogP contribution in [-0.4, -0.2) is 52.7 Å². The van der Waals surface area contributed by atoms with Crippen molar-refractivity contribution in [3.63, 3.8) is 0 Å². The first-order valence-corrected chi connectivity index (χ1v) is 9.29. The summed E-state index contributed by atoms with van der Waals surface area (Å²) in [6.45, 7) is 7.97. The first-order chi connectivity index (χ1) is 12.3. The molecule has 2 N–H and O–H groups in total. The van der Waals surface area contributed by atoms with Gasteiger partial charge in [0.25, 0.3) is 11.8 Å². The standard InChI is InChI=1S/C19H28N4O3/c1-13(2)10-19(3)17(25)23(18(20)21-19)11-14-4-7-22(8-5-14)16(24)15-6-9-26-12-15/h6,9,12-14H,4-5,7-8,10-11H2,1-3H3,(H2,20,21). The molecule has 1 aromatic heterocycles. The third-order valence-corrected chi connectivity index (χ3v) is 5.26. The average Bonchev–Trinajstić information content (AvgIpc) is 3.18. The van der Waals surface area contributed by atoms with E-state index in [1.165, 1.54) is 12.5 Å². The monoisotopic (exact) mass is 360 g/mol. The molecule has 0 aromatic carbocycles. The van der Waals surface area contributed by atoms with Crippen molar-refractivity contribution in [3.8, 4) is 0 Å². The molecular weight excluding hydrogens is 332 g/mol. The van der Waals surface area contributed by atoms with Crippen molar-refractivity contribution in [2.24, 2.45) is 22.6 Å². The van der Waals surface area contributed by atoms with Gasteiger partial charge in [0.1, 0.15) is 11.8 Å². The summed E-state index contributed by atoms with van der Waals surface area (Å²) in [6, 6.07) is 1.68. The number of nitrogens with zero attached hydrogens (tertiary/aromatic N) is 3. The fourth-order valence-corrected chi connectivity index (χ4v) is 4.01. The Morgan fingerprint density at radius 2 is 2.12 bits per heavy atom. The number of carbonyl (C=O) groups excluding carboxylic acids is 2. The average molecular weight is 360 g/mol. The molecule has 1 saturated heterocycles. The summed E-state index contributed by atoms with van der Waals surface area (Å²) >= 11 is 0. The van der Waals surface area contributed by atoms with Crippen molar-refractivity contribution in [1.29, 1.82) is 0 Å². The lowest BCUT2D eigenvalue weighted by molar-refractivity contribution is -0.131. The molecule has 1 fully saturated rings. The maximum Gasteiger partial charge on any atom is 0.257 e. The zero-order valence-electron chi connectivity index (χ0n) is 15.8. The molecule has 0 spiro atoms. The SMILES string of the molecule is CC(C)CC1(C)N=C(N)N(CC2CCN(C(=O)c3ccoc3)CC2)C1=O. The number of hydrogen-bond acceptors (Lipinski definition) is 5. The molecule has 0 bridgehead atoms. The zero-order valence-corrected chi connectivity index (χ0v) is 15.8. The van der Waals surface area contributed by atoms with Crippen LogP contribution in [0.15, 0.2) is 28.0 Å². The Labute approximate surface area is 154 Å². The molecule has 2 aliphatic rings. The predicted molar refractivity (Wildman–Crippen MR) is 98.5 cm³/mol. The van der Waals surface area contributed by atoms with E-state index in [9.17, 15) is 9.59 Å². The van der Waals surface area contributed by atoms with Crippen LogP contribution in [0, 0.1) is 11.8 Å². The maximum atomic E-state index is 12.8. The van der Waals surface area contributed by atoms with Crippen LogP contribution in [0.25, 0.3) is 0 Å². The summed E-state index contributed by atoms with van der Waals surface area (Å²) in [6.07, 6.45) is 5.38. The van der Waals surface area contributed by atoms with Crippen LogP contribution < -0.4 is 5.73 Å². The van der Waals surface area contributed by atoms with E-state index in [-0.39, 0.29) is 11.8 Å². The highest BCUT2D eigenvalue weighted by Crippen LogP contribution is 2.30. The number of amides is 2. The van der Waals surface area contributed by atoms with Crippen molar-refractivity contribution in [2.45, 2.75) is 45.6 Å². The molecule has 2 aliphatic heterocycles. The van der Waals surface area contributed by atoms with Crippen molar-refractivity contribution < 1.29 is 14.0 Å². The lowest BCUT2D eigenvalue weighted by Gasteiger charge is -2.34. The quantitative estimate of drug-likeness (QED) is 0.870. The summed E-state index contributed by atoms with van der Waals surface area (Å²) in [5.41, 5.74) is 5.90. The second-order valence-electron chi connectivity index (χ2n) is 8.01. The van der Waals surface area contributed by atoms with E-state index in [2.05, 4.69) is 18.8 Å². The van der Waals surface area contributed by atoms with Gasteiger partial charge in [-0.3, -0.25) is 14.5 Å². The van der Waals surface area contributed by atoms with Gasteiger partial charge < -0.3 is 15.1 Å². The summed E-state index contributed by atoms with van der Waals surface area (Å²) in [5, 5.41) is 0. The fourth-order valence-electron chi connectivity index (χ4n) is 4.01. The number of guanidine groups is 1. The van der Waals surface area contributed by atoms with Gasteiger partial charge in [-0.05, 0) is 44.1 Å². The van der Waals surface area contributed by atoms with Crippen LogP contribution in [-0.2, 0) is 4.79 Å². The number of hydrogen-bond donors (Lipinski definition) is 1. The summed E-state index contributed by atoms with van der Waals surface area (Å²) in [7, 11) is 0. The highest BCUT2D eigenvalue weighted by molar-refractivity contribution is 6.06. The topological polar surface area (TPSA) is 92.1 Å². The third-order valence-electron chi connectivity index (χ3n) is 5.26. The molecule has 3 heterocycles. The van der Waals surface area contributed by atoms with Gasteiger partial charge in [0.15, 0.2) is 5.96 Å². The molecule has 1 unspecified atom stereocenters. The Morgan fingerprint density at radius 1 is 1.42 bits per heavy atom. The van der Waals surface area contributed by atoms with Gasteiger partial charge in [-0.15, -0.1) is 0 Å². The second kappa shape index (κ2) is 7.13. The molecular formula is C19H28N4O3. The first kappa shape index (κ1) is 18.5. The molecule has 2 amide bonds. The van der Waals surface area contributed by atoms with Crippen LogP contribution in [0.1, 0.15) is 50.4 Å². The normalized spacial score (nSPS) is 24.5. The Hall–Kier alpha value is -2.31. The predicted octanol–water partition coefficient (Wildman–Crippen LogP) is 2.09. The Bertz CT molecular complexity index is 690. The van der Waals surface area contributed by atoms with Crippen LogP contribution in [0.3, 0.4) is 0 Å². The highest BCUT2D eigenvalue weighted by atomic mass is 16.3. The van der Waals surface area contributed by atoms with Gasteiger partial charge in [-0.2, -0.15) is 0 Å². The van der Waals surface area contributed by atoms with Gasteiger partial charge in [-0.25, -0.2) is 4.99 Å². The van der Waals surface area contributed by atoms with Crippen LogP contribution >= 0.6 is 0 Å². The van der Waals surface area contributed by atoms with Crippen LogP contribution in [0.5, 0.6) is 0 Å². The molecule has 0 aliphatic carbocycles. The molecule has 26 heavy (non-hydrogen) atoms. The van der Waals surface area contributed by atoms with Crippen LogP contribution in [0.4, 0.5) is 0 Å². The van der Waals surface area contributed by atoms with E-state index in [1.54, 1.807) is 11.0 Å². The van der Waals surface area contributed by atoms with E-state index in [0.29, 0.717) is 49.4 Å². The van der Waals surface area contributed by atoms with Gasteiger partial charge in [0.2, 0.25) is 0 Å². The fraction of sp³-hybridized carbons (Fsp3) is 0.632. The van der Waals surface area contributed by atoms with Crippen molar-refractivity contribution in [2.75, 3.05) is 19.6 Å². The summed E-state index contributed by atoms with van der Waals surface area (Å²) in [4.78, 5) is 33.1. The van der Waals surface area contributed by atoms with Gasteiger partial charge in [0, 0.05) is 19.6 Å². The van der Waals surface area contributed by atoms with Gasteiger partial charge in [0.05, 0.1) is 11.8 Å². The first-order valence-electron chi connectivity index (χ1n) is 9.29. The number of rotatable bonds is 5. The van der Waals surface area contributed by atoms with Crippen molar-refractivity contribution in [1.82, 2.24) is 9.80 Å². The third kappa shape index (κ3) is 3.61. The number of furan rings is 1. The molecule has 1 atom stereocenters. The van der Waals surface area contributed by atoms with E-state index in [4.69, 9.17) is 10.2 Å². The minimum Gasteiger partial charge on any atom is -0.472 e. The smallest absolute Gasteiger partial charge is 0.257 e. The number of aliphatic imine (C=N–C) groups is 1. The summed E-state index contributed by atoms with van der Waals surface area (Å²) < 4.78 is 4.99. The number of nitrogens with two attached hydrogens (primary N) is 1. The minimum absolute atomic E-state index is 0.0000313. The minimum atomic E-state index is -0.740. The molecule has 3 rings (SSSR count). The Balaban J connectivity index is 1.56. The Kier molecular flexibility index (Phi) is 5.07. The molecule has 7 nitrogen and oxygen atoms in total. The highest BCUT2D eigenvalue weighted by Gasteiger charge is 2.44. The second-order valence-corrected chi connectivity index (χ2v) is 8.01. The summed E-state index contributed by atoms with van der Waals surface area (Å²) in [5.74, 6) is 1.02. The molecule has 0 radical (unpaired) electrons. The van der Waals surface area contributed by atoms with Crippen LogP contribution in [0.2, 0.25) is 0 Å². The van der Waals surface area contributed by atoms with E-state index < -0.39 is 5.54 Å². The van der Waals surface area contributed by atoms with E-state index >= 15 is 0 Å². The number of likely N-dealkylation sites (tertiary alicyclic amines) is 1. The van der Waals surface area contributed by atoms with Crippen molar-refractivity contribution in [3.05, 3.63) is 24.2 Å². The molecule has 1 aromatic rings.